The van der Waals surface area contributed by atoms with Crippen molar-refractivity contribution in [2.75, 3.05) is 0 Å². The van der Waals surface area contributed by atoms with Crippen molar-refractivity contribution in [2.45, 2.75) is 6.54 Å². The average molecular weight is 274 g/mol. The Morgan fingerprint density at radius 2 is 1.85 bits per heavy atom. The SMILES string of the molecule is O=C(NCc1ccccc1)c1cccc([N+](=O)[O-])c1F. The maximum atomic E-state index is 13.8. The molecule has 2 rings (SSSR count). The molecule has 20 heavy (non-hydrogen) atoms. The van der Waals surface area contributed by atoms with Crippen molar-refractivity contribution >= 4 is 11.6 Å². The summed E-state index contributed by atoms with van der Waals surface area (Å²) in [4.78, 5) is 21.6. The molecule has 0 saturated heterocycles. The summed E-state index contributed by atoms with van der Waals surface area (Å²) in [5.74, 6) is -1.81. The highest BCUT2D eigenvalue weighted by molar-refractivity contribution is 5.95. The van der Waals surface area contributed by atoms with E-state index in [1.54, 1.807) is 0 Å². The van der Waals surface area contributed by atoms with Crippen LogP contribution in [-0.4, -0.2) is 10.8 Å². The molecule has 0 aliphatic carbocycles. The third-order valence-electron chi connectivity index (χ3n) is 2.72. The van der Waals surface area contributed by atoms with Gasteiger partial charge in [0.15, 0.2) is 0 Å². The number of amides is 1. The maximum absolute atomic E-state index is 13.8. The predicted molar refractivity (Wildman–Crippen MR) is 70.7 cm³/mol. The summed E-state index contributed by atoms with van der Waals surface area (Å²) in [6, 6.07) is 12.6. The molecule has 0 heterocycles. The largest absolute Gasteiger partial charge is 0.348 e. The smallest absolute Gasteiger partial charge is 0.305 e. The molecule has 1 amide bonds. The number of nitro groups is 1. The van der Waals surface area contributed by atoms with E-state index in [9.17, 15) is 19.3 Å². The molecule has 0 spiro atoms. The van der Waals surface area contributed by atoms with Crippen LogP contribution in [0.2, 0.25) is 0 Å². The molecule has 0 atom stereocenters. The van der Waals surface area contributed by atoms with Gasteiger partial charge in [-0.25, -0.2) is 0 Å². The third-order valence-corrected chi connectivity index (χ3v) is 2.72. The molecule has 0 unspecified atom stereocenters. The normalized spacial score (nSPS) is 10.1. The molecule has 0 aromatic heterocycles. The van der Waals surface area contributed by atoms with Crippen molar-refractivity contribution in [1.29, 1.82) is 0 Å². The summed E-state index contributed by atoms with van der Waals surface area (Å²) in [6.45, 7) is 0.224. The van der Waals surface area contributed by atoms with E-state index in [1.165, 1.54) is 12.1 Å². The molecule has 0 saturated carbocycles. The fourth-order valence-corrected chi connectivity index (χ4v) is 1.71. The number of halogens is 1. The fourth-order valence-electron chi connectivity index (χ4n) is 1.71. The highest BCUT2D eigenvalue weighted by Crippen LogP contribution is 2.20. The van der Waals surface area contributed by atoms with Crippen LogP contribution in [0.4, 0.5) is 10.1 Å². The van der Waals surface area contributed by atoms with Crippen LogP contribution in [0.25, 0.3) is 0 Å². The van der Waals surface area contributed by atoms with Crippen LogP contribution >= 0.6 is 0 Å². The van der Waals surface area contributed by atoms with Crippen molar-refractivity contribution < 1.29 is 14.1 Å². The van der Waals surface area contributed by atoms with E-state index in [2.05, 4.69) is 5.32 Å². The van der Waals surface area contributed by atoms with Crippen molar-refractivity contribution in [3.05, 3.63) is 75.6 Å². The van der Waals surface area contributed by atoms with Gasteiger partial charge in [0, 0.05) is 12.6 Å². The molecule has 0 aliphatic heterocycles. The zero-order valence-corrected chi connectivity index (χ0v) is 10.4. The van der Waals surface area contributed by atoms with E-state index in [-0.39, 0.29) is 12.1 Å². The quantitative estimate of drug-likeness (QED) is 0.688. The Labute approximate surface area is 114 Å². The lowest BCUT2D eigenvalue weighted by molar-refractivity contribution is -0.387. The van der Waals surface area contributed by atoms with Crippen LogP contribution in [0.1, 0.15) is 15.9 Å². The van der Waals surface area contributed by atoms with Crippen molar-refractivity contribution in [3.8, 4) is 0 Å². The Morgan fingerprint density at radius 1 is 1.15 bits per heavy atom. The van der Waals surface area contributed by atoms with Gasteiger partial charge in [-0.2, -0.15) is 4.39 Å². The van der Waals surface area contributed by atoms with Crippen LogP contribution in [0.5, 0.6) is 0 Å². The maximum Gasteiger partial charge on any atom is 0.305 e. The second kappa shape index (κ2) is 5.92. The second-order valence-electron chi connectivity index (χ2n) is 4.06. The Hall–Kier alpha value is -2.76. The van der Waals surface area contributed by atoms with Crippen molar-refractivity contribution in [2.24, 2.45) is 0 Å². The minimum absolute atomic E-state index is 0.224. The number of hydrogen-bond acceptors (Lipinski definition) is 3. The summed E-state index contributed by atoms with van der Waals surface area (Å²) in [7, 11) is 0. The minimum Gasteiger partial charge on any atom is -0.348 e. The topological polar surface area (TPSA) is 72.2 Å². The number of benzene rings is 2. The summed E-state index contributed by atoms with van der Waals surface area (Å²) in [6.07, 6.45) is 0. The molecular formula is C14H11FN2O3. The van der Waals surface area contributed by atoms with Gasteiger partial charge < -0.3 is 5.32 Å². The molecule has 2 aromatic carbocycles. The fraction of sp³-hybridized carbons (Fsp3) is 0.0714. The Bertz CT molecular complexity index is 644. The van der Waals surface area contributed by atoms with Crippen LogP contribution in [0.15, 0.2) is 48.5 Å². The van der Waals surface area contributed by atoms with Crippen molar-refractivity contribution in [3.63, 3.8) is 0 Å². The molecule has 102 valence electrons. The Balaban J connectivity index is 2.14. The number of hydrogen-bond donors (Lipinski definition) is 1. The summed E-state index contributed by atoms with van der Waals surface area (Å²) < 4.78 is 13.8. The first-order valence-corrected chi connectivity index (χ1v) is 5.84. The Kier molecular flexibility index (Phi) is 4.05. The highest BCUT2D eigenvalue weighted by atomic mass is 19.1. The lowest BCUT2D eigenvalue weighted by Crippen LogP contribution is -2.24. The standard InChI is InChI=1S/C14H11FN2O3/c15-13-11(7-4-8-12(13)17(19)20)14(18)16-9-10-5-2-1-3-6-10/h1-8H,9H2,(H,16,18). The van der Waals surface area contributed by atoms with Gasteiger partial charge in [-0.3, -0.25) is 14.9 Å². The second-order valence-corrected chi connectivity index (χ2v) is 4.06. The molecule has 0 fully saturated rings. The molecule has 5 nitrogen and oxygen atoms in total. The zero-order valence-electron chi connectivity index (χ0n) is 10.4. The van der Waals surface area contributed by atoms with E-state index in [1.807, 2.05) is 30.3 Å². The summed E-state index contributed by atoms with van der Waals surface area (Å²) >= 11 is 0. The van der Waals surface area contributed by atoms with Crippen LogP contribution in [0.3, 0.4) is 0 Å². The number of nitro benzene ring substituents is 1. The Morgan fingerprint density at radius 3 is 2.50 bits per heavy atom. The van der Waals surface area contributed by atoms with Gasteiger partial charge >= 0.3 is 5.69 Å². The number of nitrogens with one attached hydrogen (secondary N) is 1. The van der Waals surface area contributed by atoms with Gasteiger partial charge in [0.05, 0.1) is 10.5 Å². The number of carbonyl (C=O) groups excluding carboxylic acids is 1. The monoisotopic (exact) mass is 274 g/mol. The first kappa shape index (κ1) is 13.7. The van der Waals surface area contributed by atoms with E-state index in [0.717, 1.165) is 11.6 Å². The summed E-state index contributed by atoms with van der Waals surface area (Å²) in [5, 5.41) is 13.1. The van der Waals surface area contributed by atoms with E-state index in [4.69, 9.17) is 0 Å². The van der Waals surface area contributed by atoms with E-state index >= 15 is 0 Å². The molecular weight excluding hydrogens is 263 g/mol. The van der Waals surface area contributed by atoms with E-state index in [0.29, 0.717) is 0 Å². The average Bonchev–Trinajstić information content (AvgIpc) is 2.46. The van der Waals surface area contributed by atoms with Gasteiger partial charge in [0.1, 0.15) is 0 Å². The van der Waals surface area contributed by atoms with Crippen molar-refractivity contribution in [1.82, 2.24) is 5.32 Å². The molecule has 0 radical (unpaired) electrons. The lowest BCUT2D eigenvalue weighted by atomic mass is 10.1. The van der Waals surface area contributed by atoms with Gasteiger partial charge in [-0.1, -0.05) is 36.4 Å². The van der Waals surface area contributed by atoms with Crippen LogP contribution in [-0.2, 0) is 6.54 Å². The molecule has 0 aliphatic rings. The number of carbonyl (C=O) groups is 1. The molecule has 6 heteroatoms. The molecule has 2 aromatic rings. The van der Waals surface area contributed by atoms with Crippen LogP contribution < -0.4 is 5.32 Å². The van der Waals surface area contributed by atoms with Crippen LogP contribution in [0, 0.1) is 15.9 Å². The molecule has 0 bridgehead atoms. The number of rotatable bonds is 4. The third kappa shape index (κ3) is 2.97. The first-order valence-electron chi connectivity index (χ1n) is 5.84. The highest BCUT2D eigenvalue weighted by Gasteiger charge is 2.21. The lowest BCUT2D eigenvalue weighted by Gasteiger charge is -2.06. The first-order chi connectivity index (χ1) is 9.59. The zero-order chi connectivity index (χ0) is 14.5. The van der Waals surface area contributed by atoms with Gasteiger partial charge in [-0.05, 0) is 11.6 Å². The minimum atomic E-state index is -1.12. The van der Waals surface area contributed by atoms with E-state index < -0.39 is 22.3 Å². The summed E-state index contributed by atoms with van der Waals surface area (Å²) in [5.41, 5.74) is -0.195. The predicted octanol–water partition coefficient (Wildman–Crippen LogP) is 2.66. The molecule has 1 N–H and O–H groups in total. The van der Waals surface area contributed by atoms with Gasteiger partial charge in [0.25, 0.3) is 5.91 Å². The number of nitrogens with zero attached hydrogens (tertiary/aromatic N) is 1. The van der Waals surface area contributed by atoms with Gasteiger partial charge in [0.2, 0.25) is 5.82 Å². The van der Waals surface area contributed by atoms with Gasteiger partial charge in [-0.15, -0.1) is 0 Å².